The fourth-order valence-electron chi connectivity index (χ4n) is 2.79. The van der Waals surface area contributed by atoms with E-state index in [0.29, 0.717) is 26.2 Å². The largest absolute Gasteiger partial charge is 0.321 e. The van der Waals surface area contributed by atoms with Crippen LogP contribution >= 0.6 is 0 Å². The van der Waals surface area contributed by atoms with Crippen molar-refractivity contribution >= 4 is 23.4 Å². The molecule has 1 fully saturated rings. The quantitative estimate of drug-likeness (QED) is 0.866. The summed E-state index contributed by atoms with van der Waals surface area (Å²) in [6.45, 7) is 6.06. The number of carbonyl (C=O) groups excluding carboxylic acids is 2. The van der Waals surface area contributed by atoms with E-state index >= 15 is 0 Å². The van der Waals surface area contributed by atoms with Gasteiger partial charge in [0.15, 0.2) is 0 Å². The highest BCUT2D eigenvalue weighted by atomic mass is 16.2. The standard InChI is InChI=1S/C20H24N4O2/c1-15-3-7-17(8-4-15)21-19(25)23-11-13-24(14-12-23)20(26)22-18-9-5-16(2)6-10-18/h3-10H,11-14H2,1-2H3,(H,21,25)(H,22,26). The van der Waals surface area contributed by atoms with Crippen LogP contribution < -0.4 is 10.6 Å². The number of rotatable bonds is 2. The van der Waals surface area contributed by atoms with E-state index in [0.717, 1.165) is 22.5 Å². The van der Waals surface area contributed by atoms with Crippen molar-refractivity contribution in [2.45, 2.75) is 13.8 Å². The highest BCUT2D eigenvalue weighted by Gasteiger charge is 2.24. The number of amides is 4. The molecule has 1 aliphatic rings. The topological polar surface area (TPSA) is 64.7 Å². The molecule has 0 atom stereocenters. The molecule has 3 rings (SSSR count). The van der Waals surface area contributed by atoms with Crippen LogP contribution in [0.2, 0.25) is 0 Å². The number of aryl methyl sites for hydroxylation is 2. The van der Waals surface area contributed by atoms with Gasteiger partial charge in [0.1, 0.15) is 0 Å². The minimum atomic E-state index is -0.132. The van der Waals surface area contributed by atoms with Gasteiger partial charge >= 0.3 is 12.1 Å². The van der Waals surface area contributed by atoms with Crippen LogP contribution in [0.5, 0.6) is 0 Å². The first-order valence-electron chi connectivity index (χ1n) is 8.76. The first kappa shape index (κ1) is 17.8. The van der Waals surface area contributed by atoms with Crippen molar-refractivity contribution in [3.63, 3.8) is 0 Å². The lowest BCUT2D eigenvalue weighted by Crippen LogP contribution is -2.52. The highest BCUT2D eigenvalue weighted by Crippen LogP contribution is 2.13. The van der Waals surface area contributed by atoms with Gasteiger partial charge in [-0.3, -0.25) is 0 Å². The first-order valence-corrected chi connectivity index (χ1v) is 8.76. The van der Waals surface area contributed by atoms with Gasteiger partial charge in [-0.1, -0.05) is 35.4 Å². The zero-order chi connectivity index (χ0) is 18.5. The number of nitrogens with one attached hydrogen (secondary N) is 2. The van der Waals surface area contributed by atoms with E-state index in [1.54, 1.807) is 9.80 Å². The third-order valence-corrected chi connectivity index (χ3v) is 4.46. The molecule has 0 spiro atoms. The monoisotopic (exact) mass is 352 g/mol. The Hall–Kier alpha value is -3.02. The predicted octanol–water partition coefficient (Wildman–Crippen LogP) is 3.69. The van der Waals surface area contributed by atoms with Crippen molar-refractivity contribution in [1.29, 1.82) is 0 Å². The molecule has 4 amide bonds. The minimum absolute atomic E-state index is 0.132. The molecule has 1 aliphatic heterocycles. The van der Waals surface area contributed by atoms with E-state index in [-0.39, 0.29) is 12.1 Å². The van der Waals surface area contributed by atoms with Gasteiger partial charge in [0.05, 0.1) is 0 Å². The summed E-state index contributed by atoms with van der Waals surface area (Å²) in [5.74, 6) is 0. The maximum absolute atomic E-state index is 12.3. The second-order valence-corrected chi connectivity index (χ2v) is 6.57. The van der Waals surface area contributed by atoms with E-state index in [1.807, 2.05) is 62.4 Å². The lowest BCUT2D eigenvalue weighted by molar-refractivity contribution is 0.156. The van der Waals surface area contributed by atoms with Crippen molar-refractivity contribution < 1.29 is 9.59 Å². The molecule has 136 valence electrons. The SMILES string of the molecule is Cc1ccc(NC(=O)N2CCN(C(=O)Nc3ccc(C)cc3)CC2)cc1. The number of carbonyl (C=O) groups is 2. The van der Waals surface area contributed by atoms with Crippen LogP contribution in [0.3, 0.4) is 0 Å². The number of piperazine rings is 1. The van der Waals surface area contributed by atoms with Crippen molar-refractivity contribution in [3.8, 4) is 0 Å². The van der Waals surface area contributed by atoms with Crippen molar-refractivity contribution in [1.82, 2.24) is 9.80 Å². The third-order valence-electron chi connectivity index (χ3n) is 4.46. The molecule has 0 saturated carbocycles. The summed E-state index contributed by atoms with van der Waals surface area (Å²) in [6, 6.07) is 15.1. The number of nitrogens with zero attached hydrogens (tertiary/aromatic N) is 2. The van der Waals surface area contributed by atoms with Gasteiger partial charge in [-0.05, 0) is 38.1 Å². The lowest BCUT2D eigenvalue weighted by Gasteiger charge is -2.34. The fraction of sp³-hybridized carbons (Fsp3) is 0.300. The van der Waals surface area contributed by atoms with Gasteiger partial charge in [-0.15, -0.1) is 0 Å². The van der Waals surface area contributed by atoms with E-state index in [4.69, 9.17) is 0 Å². The Bertz CT molecular complexity index is 696. The Morgan fingerprint density at radius 2 is 0.962 bits per heavy atom. The summed E-state index contributed by atoms with van der Waals surface area (Å²) in [4.78, 5) is 28.2. The van der Waals surface area contributed by atoms with Crippen LogP contribution in [0.1, 0.15) is 11.1 Å². The van der Waals surface area contributed by atoms with E-state index in [9.17, 15) is 9.59 Å². The first-order chi connectivity index (χ1) is 12.5. The average Bonchev–Trinajstić information content (AvgIpc) is 2.65. The van der Waals surface area contributed by atoms with Crippen LogP contribution in [-0.4, -0.2) is 48.0 Å². The van der Waals surface area contributed by atoms with Gasteiger partial charge in [-0.25, -0.2) is 9.59 Å². The molecule has 2 N–H and O–H groups in total. The van der Waals surface area contributed by atoms with Gasteiger partial charge in [0, 0.05) is 37.6 Å². The second-order valence-electron chi connectivity index (χ2n) is 6.57. The molecule has 2 aromatic carbocycles. The van der Waals surface area contributed by atoms with Crippen LogP contribution in [0.15, 0.2) is 48.5 Å². The zero-order valence-electron chi connectivity index (χ0n) is 15.2. The molecule has 6 heteroatoms. The van der Waals surface area contributed by atoms with Gasteiger partial charge < -0.3 is 20.4 Å². The molecule has 0 aliphatic carbocycles. The Morgan fingerprint density at radius 1 is 0.654 bits per heavy atom. The predicted molar refractivity (Wildman–Crippen MR) is 104 cm³/mol. The molecule has 0 aromatic heterocycles. The van der Waals surface area contributed by atoms with Gasteiger partial charge in [-0.2, -0.15) is 0 Å². The number of hydrogen-bond donors (Lipinski definition) is 2. The van der Waals surface area contributed by atoms with E-state index < -0.39 is 0 Å². The Morgan fingerprint density at radius 3 is 1.27 bits per heavy atom. The molecule has 6 nitrogen and oxygen atoms in total. The fourth-order valence-corrected chi connectivity index (χ4v) is 2.79. The normalized spacial score (nSPS) is 14.1. The molecular weight excluding hydrogens is 328 g/mol. The molecule has 0 bridgehead atoms. The van der Waals surface area contributed by atoms with Gasteiger partial charge in [0.25, 0.3) is 0 Å². The van der Waals surface area contributed by atoms with Gasteiger partial charge in [0.2, 0.25) is 0 Å². The van der Waals surface area contributed by atoms with Crippen LogP contribution in [0.25, 0.3) is 0 Å². The summed E-state index contributed by atoms with van der Waals surface area (Å²) in [5, 5.41) is 5.79. The third kappa shape index (κ3) is 4.53. The zero-order valence-corrected chi connectivity index (χ0v) is 15.2. The summed E-state index contributed by atoms with van der Waals surface area (Å²) in [5.41, 5.74) is 3.85. The van der Waals surface area contributed by atoms with Crippen molar-refractivity contribution in [2.24, 2.45) is 0 Å². The molecule has 1 heterocycles. The number of hydrogen-bond acceptors (Lipinski definition) is 2. The molecule has 0 unspecified atom stereocenters. The van der Waals surface area contributed by atoms with Crippen LogP contribution in [0.4, 0.5) is 21.0 Å². The Labute approximate surface area is 153 Å². The molecule has 0 radical (unpaired) electrons. The number of benzene rings is 2. The van der Waals surface area contributed by atoms with Crippen molar-refractivity contribution in [2.75, 3.05) is 36.8 Å². The highest BCUT2D eigenvalue weighted by molar-refractivity contribution is 5.91. The smallest absolute Gasteiger partial charge is 0.321 e. The van der Waals surface area contributed by atoms with E-state index in [2.05, 4.69) is 10.6 Å². The van der Waals surface area contributed by atoms with Crippen LogP contribution in [-0.2, 0) is 0 Å². The maximum Gasteiger partial charge on any atom is 0.321 e. The van der Waals surface area contributed by atoms with Crippen molar-refractivity contribution in [3.05, 3.63) is 59.7 Å². The summed E-state index contributed by atoms with van der Waals surface area (Å²) >= 11 is 0. The summed E-state index contributed by atoms with van der Waals surface area (Å²) in [6.07, 6.45) is 0. The Balaban J connectivity index is 1.48. The minimum Gasteiger partial charge on any atom is -0.321 e. The average molecular weight is 352 g/mol. The molecule has 1 saturated heterocycles. The summed E-state index contributed by atoms with van der Waals surface area (Å²) in [7, 11) is 0. The Kier molecular flexibility index (Phi) is 5.41. The van der Waals surface area contributed by atoms with Crippen LogP contribution in [0, 0.1) is 13.8 Å². The maximum atomic E-state index is 12.3. The lowest BCUT2D eigenvalue weighted by atomic mass is 10.2. The molecule has 2 aromatic rings. The molecule has 26 heavy (non-hydrogen) atoms. The second kappa shape index (κ2) is 7.91. The molecular formula is C20H24N4O2. The summed E-state index contributed by atoms with van der Waals surface area (Å²) < 4.78 is 0. The number of anilines is 2. The number of urea groups is 2. The van der Waals surface area contributed by atoms with E-state index in [1.165, 1.54) is 0 Å².